The molecule has 130 valence electrons. The Hall–Kier alpha value is -1.95. The smallest absolute Gasteiger partial charge is 0.283 e. The molecule has 23 heavy (non-hydrogen) atoms. The number of rotatable bonds is 1. The molecule has 0 aromatic carbocycles. The Labute approximate surface area is 127 Å². The number of hydrogen-bond acceptors (Lipinski definition) is 4. The lowest BCUT2D eigenvalue weighted by molar-refractivity contribution is -0.498. The van der Waals surface area contributed by atoms with E-state index in [1.807, 2.05) is 0 Å². The van der Waals surface area contributed by atoms with Crippen molar-refractivity contribution in [2.24, 2.45) is 0 Å². The van der Waals surface area contributed by atoms with Crippen molar-refractivity contribution in [2.45, 2.75) is 11.7 Å². The Morgan fingerprint density at radius 2 is 1.74 bits per heavy atom. The maximum absolute atomic E-state index is 14.5. The van der Waals surface area contributed by atoms with E-state index < -0.39 is 33.8 Å². The lowest BCUT2D eigenvalue weighted by atomic mass is 9.98. The number of fused-ring (bicyclic) bond motifs is 1. The number of amidine groups is 1. The van der Waals surface area contributed by atoms with Crippen molar-refractivity contribution in [3.05, 3.63) is 23.7 Å². The number of hydrazine groups is 2. The molecular formula is C11H14F6N5O+. The van der Waals surface area contributed by atoms with Crippen LogP contribution in [0, 0.1) is 0 Å². The lowest BCUT2D eigenvalue weighted by Gasteiger charge is -2.31. The first-order valence-corrected chi connectivity index (χ1v) is 6.22. The zero-order chi connectivity index (χ0) is 17.7. The second kappa shape index (κ2) is 5.30. The summed E-state index contributed by atoms with van der Waals surface area (Å²) in [7, 11) is 5.86. The van der Waals surface area contributed by atoms with Crippen LogP contribution in [0.1, 0.15) is 0 Å². The predicted molar refractivity (Wildman–Crippen MR) is 65.7 cm³/mol. The molecule has 0 N–H and O–H groups in total. The van der Waals surface area contributed by atoms with Gasteiger partial charge in [0.05, 0.1) is 33.5 Å². The topological polar surface area (TPSA) is 25.2 Å². The van der Waals surface area contributed by atoms with Crippen molar-refractivity contribution in [3.8, 4) is 0 Å². The van der Waals surface area contributed by atoms with E-state index >= 15 is 0 Å². The van der Waals surface area contributed by atoms with Crippen LogP contribution in [-0.4, -0.2) is 71.1 Å². The second-order valence-electron chi connectivity index (χ2n) is 5.20. The molecular weight excluding hydrogens is 332 g/mol. The predicted octanol–water partition coefficient (Wildman–Crippen LogP) is 1.68. The van der Waals surface area contributed by atoms with Crippen LogP contribution in [-0.2, 0) is 4.84 Å². The molecule has 0 amide bonds. The lowest BCUT2D eigenvalue weighted by Crippen LogP contribution is -2.54. The first-order valence-electron chi connectivity index (χ1n) is 6.22. The number of allylic oxidation sites excluding steroid dienone is 2. The summed E-state index contributed by atoms with van der Waals surface area (Å²) in [5.74, 6) is -11.6. The Kier molecular flexibility index (Phi) is 4.01. The van der Waals surface area contributed by atoms with Gasteiger partial charge in [0, 0.05) is 5.23 Å². The zero-order valence-corrected chi connectivity index (χ0v) is 12.6. The highest BCUT2D eigenvalue weighted by Crippen LogP contribution is 2.54. The molecule has 1 atom stereocenters. The fourth-order valence-corrected chi connectivity index (χ4v) is 2.08. The SMILES string of the molecule is CN(C)C(ON1C2=CC=C(F)C(F)(F)C2(F)N(F)N1F)=[N+](C)C. The molecule has 0 aromatic heterocycles. The van der Waals surface area contributed by atoms with Crippen LogP contribution in [0.3, 0.4) is 0 Å². The van der Waals surface area contributed by atoms with Crippen molar-refractivity contribution in [2.75, 3.05) is 28.2 Å². The molecule has 1 unspecified atom stereocenters. The van der Waals surface area contributed by atoms with Gasteiger partial charge in [-0.3, -0.25) is 4.84 Å². The second-order valence-corrected chi connectivity index (χ2v) is 5.20. The molecule has 0 bridgehead atoms. The van der Waals surface area contributed by atoms with Crippen molar-refractivity contribution < 1.29 is 35.9 Å². The van der Waals surface area contributed by atoms with Gasteiger partial charge in [0.1, 0.15) is 5.70 Å². The third kappa shape index (κ3) is 2.24. The van der Waals surface area contributed by atoms with Gasteiger partial charge in [-0.25, -0.2) is 18.3 Å². The standard InChI is InChI=1S/C11H14F6N5O/c1-18(2)9(19(3)4)23-20-8-6-5-7(12)10(13,14)11(8,15)21(16)22(20)17/h5-6H,1-4H3/q+1. The van der Waals surface area contributed by atoms with Gasteiger partial charge in [0.15, 0.2) is 5.83 Å². The van der Waals surface area contributed by atoms with E-state index in [0.29, 0.717) is 6.08 Å². The van der Waals surface area contributed by atoms with Crippen LogP contribution >= 0.6 is 0 Å². The van der Waals surface area contributed by atoms with Gasteiger partial charge in [-0.15, -0.1) is 4.48 Å². The average Bonchev–Trinajstić information content (AvgIpc) is 2.63. The Morgan fingerprint density at radius 3 is 2.22 bits per heavy atom. The van der Waals surface area contributed by atoms with Gasteiger partial charge in [0.2, 0.25) is 0 Å². The molecule has 0 spiro atoms. The van der Waals surface area contributed by atoms with E-state index in [1.165, 1.54) is 37.7 Å². The van der Waals surface area contributed by atoms with E-state index in [2.05, 4.69) is 0 Å². The maximum atomic E-state index is 14.5. The minimum Gasteiger partial charge on any atom is -0.283 e. The highest BCUT2D eigenvalue weighted by molar-refractivity contribution is 5.67. The van der Waals surface area contributed by atoms with Crippen LogP contribution in [0.25, 0.3) is 0 Å². The molecule has 1 aliphatic carbocycles. The molecule has 0 radical (unpaired) electrons. The monoisotopic (exact) mass is 346 g/mol. The first kappa shape index (κ1) is 17.4. The van der Waals surface area contributed by atoms with Gasteiger partial charge >= 0.3 is 17.7 Å². The van der Waals surface area contributed by atoms with Crippen LogP contribution in [0.15, 0.2) is 23.7 Å². The summed E-state index contributed by atoms with van der Waals surface area (Å²) in [5, 5.41) is -2.90. The summed E-state index contributed by atoms with van der Waals surface area (Å²) < 4.78 is 84.1. The van der Waals surface area contributed by atoms with Crippen LogP contribution < -0.4 is 0 Å². The molecule has 1 heterocycles. The molecule has 1 saturated heterocycles. The highest BCUT2D eigenvalue weighted by Gasteiger charge is 2.75. The van der Waals surface area contributed by atoms with Crippen molar-refractivity contribution in [1.82, 2.24) is 20.6 Å². The summed E-state index contributed by atoms with van der Waals surface area (Å²) in [4.78, 5) is 6.26. The van der Waals surface area contributed by atoms with E-state index in [9.17, 15) is 26.5 Å². The fraction of sp³-hybridized carbons (Fsp3) is 0.545. The number of hydrogen-bond donors (Lipinski definition) is 0. The van der Waals surface area contributed by atoms with Gasteiger partial charge in [-0.1, -0.05) is 9.65 Å². The third-order valence-corrected chi connectivity index (χ3v) is 3.13. The number of nitrogens with zero attached hydrogens (tertiary/aromatic N) is 5. The van der Waals surface area contributed by atoms with Gasteiger partial charge in [-0.05, 0) is 12.2 Å². The van der Waals surface area contributed by atoms with E-state index in [1.54, 1.807) is 0 Å². The number of hydroxylamine groups is 1. The molecule has 2 aliphatic rings. The van der Waals surface area contributed by atoms with E-state index in [-0.39, 0.29) is 17.3 Å². The molecule has 6 nitrogen and oxygen atoms in total. The minimum absolute atomic E-state index is 0.135. The van der Waals surface area contributed by atoms with Crippen molar-refractivity contribution in [1.29, 1.82) is 0 Å². The average molecular weight is 346 g/mol. The summed E-state index contributed by atoms with van der Waals surface area (Å²) in [5.41, 5.74) is -1.27. The van der Waals surface area contributed by atoms with Gasteiger partial charge in [0.25, 0.3) is 0 Å². The molecule has 0 aromatic rings. The van der Waals surface area contributed by atoms with Crippen LogP contribution in [0.4, 0.5) is 26.5 Å². The molecule has 12 heteroatoms. The van der Waals surface area contributed by atoms with Crippen molar-refractivity contribution in [3.63, 3.8) is 0 Å². The summed E-state index contributed by atoms with van der Waals surface area (Å²) >= 11 is 0. The highest BCUT2D eigenvalue weighted by atomic mass is 19.3. The summed E-state index contributed by atoms with van der Waals surface area (Å²) in [6.07, 6.45) is 0.670. The summed E-state index contributed by atoms with van der Waals surface area (Å²) in [6, 6.07) is -0.135. The molecule has 1 fully saturated rings. The minimum atomic E-state index is -4.95. The largest absolute Gasteiger partial charge is 0.471 e. The normalized spacial score (nSPS) is 27.3. The van der Waals surface area contributed by atoms with Gasteiger partial charge in [-0.2, -0.15) is 8.78 Å². The van der Waals surface area contributed by atoms with Gasteiger partial charge < -0.3 is 0 Å². The molecule has 0 saturated carbocycles. The maximum Gasteiger partial charge on any atom is 0.471 e. The third-order valence-electron chi connectivity index (χ3n) is 3.13. The first-order chi connectivity index (χ1) is 10.5. The van der Waals surface area contributed by atoms with E-state index in [0.717, 1.165) is 0 Å². The molecule has 1 aliphatic heterocycles. The van der Waals surface area contributed by atoms with E-state index in [4.69, 9.17) is 4.84 Å². The number of alkyl halides is 3. The molecule has 2 rings (SSSR count). The zero-order valence-electron chi connectivity index (χ0n) is 12.6. The Balaban J connectivity index is 2.50. The van der Waals surface area contributed by atoms with Crippen LogP contribution in [0.2, 0.25) is 0 Å². The quantitative estimate of drug-likeness (QED) is 0.180. The van der Waals surface area contributed by atoms with Crippen molar-refractivity contribution >= 4 is 6.02 Å². The van der Waals surface area contributed by atoms with Crippen LogP contribution in [0.5, 0.6) is 0 Å². The Morgan fingerprint density at radius 1 is 1.17 bits per heavy atom. The Bertz CT molecular complexity index is 602. The number of halogens is 6. The summed E-state index contributed by atoms with van der Waals surface area (Å²) in [6.45, 7) is 0. The fourth-order valence-electron chi connectivity index (χ4n) is 2.08.